The molecule has 2 amide bonds. The molecule has 146 valence electrons. The maximum Gasteiger partial charge on any atom is 0.269 e. The molecule has 2 aromatic rings. The number of carbonyl (C=O) groups is 2. The van der Waals surface area contributed by atoms with E-state index in [1.807, 2.05) is 0 Å². The van der Waals surface area contributed by atoms with Crippen LogP contribution in [-0.4, -0.2) is 34.7 Å². The summed E-state index contributed by atoms with van der Waals surface area (Å²) < 4.78 is 26.8. The van der Waals surface area contributed by atoms with Crippen LogP contribution in [0, 0.1) is 27.7 Å². The summed E-state index contributed by atoms with van der Waals surface area (Å²) in [5, 5.41) is 13.4. The van der Waals surface area contributed by atoms with Gasteiger partial charge in [-0.3, -0.25) is 19.7 Å². The molecule has 28 heavy (non-hydrogen) atoms. The monoisotopic (exact) mass is 389 g/mol. The van der Waals surface area contributed by atoms with Crippen molar-refractivity contribution in [2.24, 2.45) is 5.92 Å². The highest BCUT2D eigenvalue weighted by Gasteiger charge is 2.29. The molecular formula is C19H17F2N3O4. The van der Waals surface area contributed by atoms with Crippen LogP contribution in [0.4, 0.5) is 20.2 Å². The van der Waals surface area contributed by atoms with Crippen LogP contribution in [0.2, 0.25) is 0 Å². The zero-order chi connectivity index (χ0) is 20.3. The number of nitrogens with one attached hydrogen (secondary N) is 1. The molecule has 7 nitrogen and oxygen atoms in total. The van der Waals surface area contributed by atoms with Crippen LogP contribution in [0.1, 0.15) is 23.2 Å². The maximum atomic E-state index is 13.8. The number of hydrogen-bond donors (Lipinski definition) is 1. The molecule has 0 radical (unpaired) electrons. The molecule has 1 saturated heterocycles. The van der Waals surface area contributed by atoms with Crippen molar-refractivity contribution in [3.8, 4) is 0 Å². The molecule has 1 fully saturated rings. The quantitative estimate of drug-likeness (QED) is 0.641. The fourth-order valence-corrected chi connectivity index (χ4v) is 3.09. The van der Waals surface area contributed by atoms with Crippen LogP contribution in [0.5, 0.6) is 0 Å². The van der Waals surface area contributed by atoms with E-state index >= 15 is 0 Å². The average molecular weight is 389 g/mol. The summed E-state index contributed by atoms with van der Waals surface area (Å²) in [5.74, 6) is -2.78. The van der Waals surface area contributed by atoms with Gasteiger partial charge < -0.3 is 10.2 Å². The van der Waals surface area contributed by atoms with Crippen molar-refractivity contribution < 1.29 is 23.3 Å². The number of non-ortho nitro benzene ring substituents is 1. The third-order valence-corrected chi connectivity index (χ3v) is 4.66. The topological polar surface area (TPSA) is 92.5 Å². The first kappa shape index (κ1) is 19.4. The number of nitrogens with zero attached hydrogens (tertiary/aromatic N) is 2. The number of likely N-dealkylation sites (tertiary alicyclic amines) is 1. The van der Waals surface area contributed by atoms with E-state index in [0.29, 0.717) is 24.6 Å². The molecule has 0 unspecified atom stereocenters. The summed E-state index contributed by atoms with van der Waals surface area (Å²) in [6, 6.07) is 8.30. The number of anilines is 1. The van der Waals surface area contributed by atoms with Gasteiger partial charge in [-0.1, -0.05) is 0 Å². The lowest BCUT2D eigenvalue weighted by Gasteiger charge is -2.31. The van der Waals surface area contributed by atoms with Crippen molar-refractivity contribution in [1.82, 2.24) is 4.90 Å². The highest BCUT2D eigenvalue weighted by molar-refractivity contribution is 5.95. The molecule has 0 saturated carbocycles. The van der Waals surface area contributed by atoms with Gasteiger partial charge in [0.15, 0.2) is 0 Å². The number of halogens is 2. The lowest BCUT2D eigenvalue weighted by atomic mass is 9.95. The predicted octanol–water partition coefficient (Wildman–Crippen LogP) is 3.36. The van der Waals surface area contributed by atoms with Gasteiger partial charge in [0.25, 0.3) is 11.6 Å². The Kier molecular flexibility index (Phi) is 5.62. The summed E-state index contributed by atoms with van der Waals surface area (Å²) in [5.41, 5.74) is 0.176. The molecule has 0 atom stereocenters. The minimum atomic E-state index is -0.914. The lowest BCUT2D eigenvalue weighted by molar-refractivity contribution is -0.384. The number of nitro benzene ring substituents is 1. The van der Waals surface area contributed by atoms with E-state index in [0.717, 1.165) is 12.1 Å². The van der Waals surface area contributed by atoms with Crippen molar-refractivity contribution in [2.75, 3.05) is 18.4 Å². The Balaban J connectivity index is 1.56. The predicted molar refractivity (Wildman–Crippen MR) is 96.7 cm³/mol. The summed E-state index contributed by atoms with van der Waals surface area (Å²) in [6.45, 7) is 0.544. The van der Waals surface area contributed by atoms with Crippen molar-refractivity contribution in [3.63, 3.8) is 0 Å². The number of amides is 2. The molecule has 1 aliphatic heterocycles. The van der Waals surface area contributed by atoms with Gasteiger partial charge in [-0.15, -0.1) is 0 Å². The molecule has 9 heteroatoms. The molecule has 1 heterocycles. The van der Waals surface area contributed by atoms with Gasteiger partial charge in [0.1, 0.15) is 11.6 Å². The van der Waals surface area contributed by atoms with Crippen LogP contribution < -0.4 is 5.32 Å². The van der Waals surface area contributed by atoms with Gasteiger partial charge in [0.2, 0.25) is 5.91 Å². The van der Waals surface area contributed by atoms with Crippen molar-refractivity contribution >= 4 is 23.2 Å². The number of rotatable bonds is 4. The minimum absolute atomic E-state index is 0.0714. The Bertz CT molecular complexity index is 910. The van der Waals surface area contributed by atoms with E-state index in [4.69, 9.17) is 0 Å². The van der Waals surface area contributed by atoms with Gasteiger partial charge in [0.05, 0.1) is 10.5 Å². The summed E-state index contributed by atoms with van der Waals surface area (Å²) in [6.07, 6.45) is 0.792. The van der Waals surface area contributed by atoms with Crippen LogP contribution in [0.3, 0.4) is 0 Å². The fraction of sp³-hybridized carbons (Fsp3) is 0.263. The zero-order valence-corrected chi connectivity index (χ0v) is 14.7. The van der Waals surface area contributed by atoms with E-state index in [2.05, 4.69) is 5.32 Å². The van der Waals surface area contributed by atoms with Gasteiger partial charge >= 0.3 is 0 Å². The normalized spacial score (nSPS) is 14.6. The molecule has 1 N–H and O–H groups in total. The highest BCUT2D eigenvalue weighted by Crippen LogP contribution is 2.23. The maximum absolute atomic E-state index is 13.8. The Morgan fingerprint density at radius 1 is 1.07 bits per heavy atom. The van der Waals surface area contributed by atoms with E-state index in [1.54, 1.807) is 0 Å². The Morgan fingerprint density at radius 3 is 2.29 bits per heavy atom. The Morgan fingerprint density at radius 2 is 1.71 bits per heavy atom. The molecule has 0 spiro atoms. The van der Waals surface area contributed by atoms with E-state index in [1.165, 1.54) is 29.2 Å². The van der Waals surface area contributed by atoms with Crippen molar-refractivity contribution in [3.05, 3.63) is 69.8 Å². The number of hydrogen-bond acceptors (Lipinski definition) is 4. The number of benzene rings is 2. The summed E-state index contributed by atoms with van der Waals surface area (Å²) >= 11 is 0. The molecule has 2 aromatic carbocycles. The third-order valence-electron chi connectivity index (χ3n) is 4.66. The van der Waals surface area contributed by atoms with Gasteiger partial charge in [-0.2, -0.15) is 0 Å². The van der Waals surface area contributed by atoms with Gasteiger partial charge in [0, 0.05) is 42.9 Å². The second kappa shape index (κ2) is 8.12. The van der Waals surface area contributed by atoms with Gasteiger partial charge in [-0.25, -0.2) is 8.78 Å². The Labute approximate surface area is 159 Å². The summed E-state index contributed by atoms with van der Waals surface area (Å²) in [7, 11) is 0. The second-order valence-electron chi connectivity index (χ2n) is 6.48. The molecule has 1 aliphatic rings. The molecule has 0 aromatic heterocycles. The van der Waals surface area contributed by atoms with Crippen LogP contribution in [0.25, 0.3) is 0 Å². The van der Waals surface area contributed by atoms with Crippen LogP contribution >= 0.6 is 0 Å². The highest BCUT2D eigenvalue weighted by atomic mass is 19.1. The lowest BCUT2D eigenvalue weighted by Crippen LogP contribution is -2.41. The Hall–Kier alpha value is -3.36. The number of carbonyl (C=O) groups excluding carboxylic acids is 2. The van der Waals surface area contributed by atoms with Crippen LogP contribution in [0.15, 0.2) is 42.5 Å². The first-order valence-electron chi connectivity index (χ1n) is 8.65. The first-order valence-corrected chi connectivity index (χ1v) is 8.65. The second-order valence-corrected chi connectivity index (χ2v) is 6.48. The average Bonchev–Trinajstić information content (AvgIpc) is 2.68. The van der Waals surface area contributed by atoms with Gasteiger partial charge in [-0.05, 0) is 37.1 Å². The molecule has 0 aliphatic carbocycles. The number of piperidine rings is 1. The smallest absolute Gasteiger partial charge is 0.269 e. The molecule has 3 rings (SSSR count). The summed E-state index contributed by atoms with van der Waals surface area (Å²) in [4.78, 5) is 36.3. The number of nitro groups is 1. The largest absolute Gasteiger partial charge is 0.339 e. The third kappa shape index (κ3) is 4.30. The van der Waals surface area contributed by atoms with Crippen molar-refractivity contribution in [1.29, 1.82) is 0 Å². The fourth-order valence-electron chi connectivity index (χ4n) is 3.09. The minimum Gasteiger partial charge on any atom is -0.339 e. The van der Waals surface area contributed by atoms with Crippen molar-refractivity contribution in [2.45, 2.75) is 12.8 Å². The standard InChI is InChI=1S/C19H17F2N3O4/c20-13-1-6-16(17(21)11-13)19(26)23-9-7-12(8-10-23)18(25)22-14-2-4-15(5-3-14)24(27)28/h1-6,11-12H,7-10H2,(H,22,25). The van der Waals surface area contributed by atoms with E-state index in [-0.39, 0.29) is 36.2 Å². The van der Waals surface area contributed by atoms with Crippen LogP contribution in [-0.2, 0) is 4.79 Å². The molecular weight excluding hydrogens is 372 g/mol. The zero-order valence-electron chi connectivity index (χ0n) is 14.7. The van der Waals surface area contributed by atoms with E-state index in [9.17, 15) is 28.5 Å². The van der Waals surface area contributed by atoms with E-state index < -0.39 is 22.5 Å². The molecule has 0 bridgehead atoms. The SMILES string of the molecule is O=C(Nc1ccc([N+](=O)[O-])cc1)C1CCN(C(=O)c2ccc(F)cc2F)CC1. The first-order chi connectivity index (χ1) is 13.3.